The molecule has 332 valence electrons. The molecule has 16 nitrogen and oxygen atoms in total. The number of benzene rings is 4. The number of anilines is 1. The molecule has 5 aromatic rings. The SMILES string of the molecule is CCOc1cc2oc(-c3ccc(OCCOCCOCCOCCOc4cccc5c4C(=O)N(C4CCC(=O)NC4=O)C5=O)cc3Cl)cc(=O)c2cc1-c1cc(C#N)cc(N(C)C)c1. The smallest absolute Gasteiger partial charge is 0.266 e. The van der Waals surface area contributed by atoms with Gasteiger partial charge in [0.2, 0.25) is 11.8 Å². The number of hydrogen-bond acceptors (Lipinski definition) is 14. The van der Waals surface area contributed by atoms with E-state index >= 15 is 0 Å². The first-order valence-corrected chi connectivity index (χ1v) is 21.0. The number of fused-ring (bicyclic) bond motifs is 2. The molecular formula is C47H45ClN4O12. The highest BCUT2D eigenvalue weighted by molar-refractivity contribution is 6.33. The minimum Gasteiger partial charge on any atom is -0.493 e. The lowest BCUT2D eigenvalue weighted by molar-refractivity contribution is -0.136. The second-order valence-corrected chi connectivity index (χ2v) is 15.2. The summed E-state index contributed by atoms with van der Waals surface area (Å²) in [5.74, 6) is -0.878. The van der Waals surface area contributed by atoms with E-state index in [-0.39, 0.29) is 67.3 Å². The van der Waals surface area contributed by atoms with E-state index in [1.54, 1.807) is 54.6 Å². The van der Waals surface area contributed by atoms with Crippen molar-refractivity contribution in [2.24, 2.45) is 0 Å². The summed E-state index contributed by atoms with van der Waals surface area (Å²) in [7, 11) is 3.78. The Morgan fingerprint density at radius 1 is 0.781 bits per heavy atom. The second-order valence-electron chi connectivity index (χ2n) is 14.8. The Kier molecular flexibility index (Phi) is 14.6. The zero-order valence-electron chi connectivity index (χ0n) is 35.4. The van der Waals surface area contributed by atoms with Crippen molar-refractivity contribution in [3.05, 3.63) is 105 Å². The quantitative estimate of drug-likeness (QED) is 0.0703. The number of nitriles is 1. The number of hydrogen-bond donors (Lipinski definition) is 1. The van der Waals surface area contributed by atoms with Gasteiger partial charge in [-0.1, -0.05) is 17.7 Å². The van der Waals surface area contributed by atoms with E-state index < -0.39 is 29.7 Å². The highest BCUT2D eigenvalue weighted by atomic mass is 35.5. The van der Waals surface area contributed by atoms with Gasteiger partial charge >= 0.3 is 0 Å². The molecule has 17 heteroatoms. The Bertz CT molecular complexity index is 2690. The molecule has 4 amide bonds. The van der Waals surface area contributed by atoms with Crippen LogP contribution in [0.5, 0.6) is 17.2 Å². The summed E-state index contributed by atoms with van der Waals surface area (Å²) in [5, 5.41) is 12.5. The maximum atomic E-state index is 13.5. The molecule has 1 atom stereocenters. The van der Waals surface area contributed by atoms with Gasteiger partial charge in [0, 0.05) is 49.5 Å². The number of amides is 4. The summed E-state index contributed by atoms with van der Waals surface area (Å²) in [6.07, 6.45) is 0.0988. The van der Waals surface area contributed by atoms with Gasteiger partial charge in [-0.05, 0) is 73.5 Å². The van der Waals surface area contributed by atoms with Gasteiger partial charge in [0.1, 0.15) is 47.8 Å². The molecule has 0 bridgehead atoms. The molecule has 0 saturated carbocycles. The highest BCUT2D eigenvalue weighted by Crippen LogP contribution is 2.39. The summed E-state index contributed by atoms with van der Waals surface area (Å²) >= 11 is 6.66. The second kappa shape index (κ2) is 20.6. The minimum absolute atomic E-state index is 0.0335. The van der Waals surface area contributed by atoms with Crippen LogP contribution < -0.4 is 29.9 Å². The third kappa shape index (κ3) is 10.2. The molecule has 1 saturated heterocycles. The highest BCUT2D eigenvalue weighted by Gasteiger charge is 2.46. The molecule has 1 N–H and O–H groups in total. The van der Waals surface area contributed by atoms with Gasteiger partial charge < -0.3 is 37.7 Å². The fraction of sp³-hybridized carbons (Fsp3) is 0.319. The van der Waals surface area contributed by atoms with Gasteiger partial charge in [-0.3, -0.25) is 34.2 Å². The first-order chi connectivity index (χ1) is 31.0. The van der Waals surface area contributed by atoms with Crippen molar-refractivity contribution in [2.75, 3.05) is 78.5 Å². The van der Waals surface area contributed by atoms with Crippen molar-refractivity contribution in [3.63, 3.8) is 0 Å². The molecule has 1 fully saturated rings. The van der Waals surface area contributed by atoms with Crippen LogP contribution in [0, 0.1) is 11.3 Å². The van der Waals surface area contributed by atoms with Gasteiger partial charge in [-0.25, -0.2) is 0 Å². The number of carbonyl (C=O) groups is 4. The van der Waals surface area contributed by atoms with Crippen LogP contribution in [0.4, 0.5) is 5.69 Å². The van der Waals surface area contributed by atoms with Crippen LogP contribution in [-0.2, 0) is 23.8 Å². The maximum absolute atomic E-state index is 13.5. The van der Waals surface area contributed by atoms with Crippen molar-refractivity contribution in [2.45, 2.75) is 25.8 Å². The van der Waals surface area contributed by atoms with Crippen molar-refractivity contribution in [1.82, 2.24) is 10.2 Å². The van der Waals surface area contributed by atoms with Crippen LogP contribution in [0.25, 0.3) is 33.4 Å². The van der Waals surface area contributed by atoms with Crippen LogP contribution in [0.15, 0.2) is 82.0 Å². The normalized spacial score (nSPS) is 14.7. The summed E-state index contributed by atoms with van der Waals surface area (Å²) in [5.41, 5.74) is 3.48. The molecule has 7 rings (SSSR count). The zero-order valence-corrected chi connectivity index (χ0v) is 36.2. The number of carbonyl (C=O) groups excluding carboxylic acids is 4. The first-order valence-electron chi connectivity index (χ1n) is 20.6. The molecule has 1 aromatic heterocycles. The number of ether oxygens (including phenoxy) is 6. The molecule has 0 radical (unpaired) electrons. The number of halogens is 1. The summed E-state index contributed by atoms with van der Waals surface area (Å²) in [6, 6.07) is 21.2. The van der Waals surface area contributed by atoms with E-state index in [0.29, 0.717) is 77.2 Å². The summed E-state index contributed by atoms with van der Waals surface area (Å²) < 4.78 is 40.5. The van der Waals surface area contributed by atoms with E-state index in [2.05, 4.69) is 11.4 Å². The van der Waals surface area contributed by atoms with Crippen LogP contribution >= 0.6 is 11.6 Å². The summed E-state index contributed by atoms with van der Waals surface area (Å²) in [4.78, 5) is 66.4. The Morgan fingerprint density at radius 2 is 1.50 bits per heavy atom. The van der Waals surface area contributed by atoms with E-state index in [1.807, 2.05) is 32.0 Å². The fourth-order valence-electron chi connectivity index (χ4n) is 7.27. The maximum Gasteiger partial charge on any atom is 0.266 e. The van der Waals surface area contributed by atoms with Crippen LogP contribution in [0.2, 0.25) is 5.02 Å². The van der Waals surface area contributed by atoms with Crippen LogP contribution in [-0.4, -0.2) is 108 Å². The zero-order chi connectivity index (χ0) is 45.3. The van der Waals surface area contributed by atoms with Gasteiger partial charge in [-0.2, -0.15) is 5.26 Å². The summed E-state index contributed by atoms with van der Waals surface area (Å²) in [6.45, 7) is 4.31. The molecule has 0 spiro atoms. The minimum atomic E-state index is -1.06. The van der Waals surface area contributed by atoms with Gasteiger partial charge in [-0.15, -0.1) is 0 Å². The lowest BCUT2D eigenvalue weighted by Crippen LogP contribution is -2.54. The molecule has 2 aliphatic rings. The van der Waals surface area contributed by atoms with Crippen molar-refractivity contribution in [1.29, 1.82) is 5.26 Å². The predicted molar refractivity (Wildman–Crippen MR) is 235 cm³/mol. The standard InChI is InChI=1S/C47H45ClN4O12/c1-4-61-40-26-42-35(24-34(40)29-20-28(27-49)21-30(22-29)51(2)3)38(53)25-41(64-42)32-9-8-31(23-36(32)48)62-18-16-59-14-12-58-13-15-60-17-19-63-39-7-5-6-33-44(39)47(57)52(46(33)56)37-10-11-43(54)50-45(37)55/h5-9,20-26,37H,4,10-19H2,1-3H3,(H,50,54,55). The topological polar surface area (TPSA) is 196 Å². The van der Waals surface area contributed by atoms with Crippen molar-refractivity contribution < 1.29 is 52.0 Å². The van der Waals surface area contributed by atoms with Gasteiger partial charge in [0.05, 0.1) is 79.4 Å². The van der Waals surface area contributed by atoms with E-state index in [9.17, 15) is 29.2 Å². The van der Waals surface area contributed by atoms with Crippen molar-refractivity contribution in [3.8, 4) is 45.8 Å². The largest absolute Gasteiger partial charge is 0.493 e. The average Bonchev–Trinajstić information content (AvgIpc) is 3.53. The van der Waals surface area contributed by atoms with E-state index in [0.717, 1.165) is 16.2 Å². The third-order valence-corrected chi connectivity index (χ3v) is 10.7. The molecule has 1 unspecified atom stereocenters. The van der Waals surface area contributed by atoms with Crippen molar-refractivity contribution >= 4 is 51.9 Å². The number of imide groups is 2. The Hall–Kier alpha value is -6.77. The third-order valence-electron chi connectivity index (χ3n) is 10.4. The fourth-order valence-corrected chi connectivity index (χ4v) is 7.53. The molecule has 3 heterocycles. The van der Waals surface area contributed by atoms with E-state index in [1.165, 1.54) is 12.1 Å². The lowest BCUT2D eigenvalue weighted by atomic mass is 9.99. The van der Waals surface area contributed by atoms with Crippen LogP contribution in [0.3, 0.4) is 0 Å². The number of nitrogens with zero attached hydrogens (tertiary/aromatic N) is 3. The molecule has 0 aliphatic carbocycles. The molecular weight excluding hydrogens is 848 g/mol. The number of nitrogens with one attached hydrogen (secondary N) is 1. The van der Waals surface area contributed by atoms with Gasteiger partial charge in [0.15, 0.2) is 5.43 Å². The molecule has 4 aromatic carbocycles. The first kappa shape index (κ1) is 45.3. The van der Waals surface area contributed by atoms with Crippen LogP contribution in [0.1, 0.15) is 46.0 Å². The van der Waals surface area contributed by atoms with Gasteiger partial charge in [0.25, 0.3) is 11.8 Å². The Balaban J connectivity index is 0.820. The molecule has 64 heavy (non-hydrogen) atoms. The lowest BCUT2D eigenvalue weighted by Gasteiger charge is -2.27. The Morgan fingerprint density at radius 3 is 2.17 bits per heavy atom. The monoisotopic (exact) mass is 892 g/mol. The number of rotatable bonds is 20. The van der Waals surface area contributed by atoms with E-state index in [4.69, 9.17) is 44.4 Å². The predicted octanol–water partition coefficient (Wildman–Crippen LogP) is 6.03. The number of piperidine rings is 1. The average molecular weight is 893 g/mol. The Labute approximate surface area is 373 Å². The molecule has 2 aliphatic heterocycles.